The molecule has 1 heterocycles. The number of nitrogens with one attached hydrogen (secondary N) is 1. The summed E-state index contributed by atoms with van der Waals surface area (Å²) in [5.41, 5.74) is 0.350. The second-order valence-electron chi connectivity index (χ2n) is 5.72. The van der Waals surface area contributed by atoms with Gasteiger partial charge in [-0.25, -0.2) is 0 Å². The summed E-state index contributed by atoms with van der Waals surface area (Å²) in [6.07, 6.45) is 6.45. The molecule has 0 unspecified atom stereocenters. The summed E-state index contributed by atoms with van der Waals surface area (Å²) in [6.45, 7) is 4.76. The van der Waals surface area contributed by atoms with E-state index in [1.165, 1.54) is 19.3 Å². The molecule has 3 heteroatoms. The number of piperidine rings is 1. The zero-order valence-corrected chi connectivity index (χ0v) is 12.5. The summed E-state index contributed by atoms with van der Waals surface area (Å²) in [7, 11) is 0. The van der Waals surface area contributed by atoms with Crippen molar-refractivity contribution in [2.24, 2.45) is 0 Å². The molecular weight excluding hydrogens is 250 g/mol. The highest BCUT2D eigenvalue weighted by Crippen LogP contribution is 2.31. The molecule has 0 saturated carbocycles. The van der Waals surface area contributed by atoms with Gasteiger partial charge in [-0.2, -0.15) is 0 Å². The maximum absolute atomic E-state index is 10.6. The Morgan fingerprint density at radius 1 is 1.10 bits per heavy atom. The van der Waals surface area contributed by atoms with E-state index in [2.05, 4.69) is 12.2 Å². The quantitative estimate of drug-likeness (QED) is 0.752. The third-order valence-electron chi connectivity index (χ3n) is 4.09. The lowest BCUT2D eigenvalue weighted by Gasteiger charge is -2.33. The highest BCUT2D eigenvalue weighted by Gasteiger charge is 2.30. The summed E-state index contributed by atoms with van der Waals surface area (Å²) >= 11 is 0. The standard InChI is InChI=1S/C17H27NO2/c1-2-3-4-5-14-20-16-8-6-15(7-9-16)17(19)10-12-18-13-11-17/h6-9,18-19H,2-5,10-14H2,1H3. The van der Waals surface area contributed by atoms with Crippen molar-refractivity contribution in [3.63, 3.8) is 0 Å². The lowest BCUT2D eigenvalue weighted by Crippen LogP contribution is -2.39. The molecule has 1 aromatic rings. The number of aliphatic hydroxyl groups is 1. The third kappa shape index (κ3) is 4.22. The Morgan fingerprint density at radius 3 is 2.45 bits per heavy atom. The van der Waals surface area contributed by atoms with Crippen LogP contribution >= 0.6 is 0 Å². The van der Waals surface area contributed by atoms with Crippen LogP contribution in [0.25, 0.3) is 0 Å². The van der Waals surface area contributed by atoms with Gasteiger partial charge in [-0.1, -0.05) is 38.3 Å². The van der Waals surface area contributed by atoms with E-state index in [1.807, 2.05) is 24.3 Å². The van der Waals surface area contributed by atoms with Gasteiger partial charge >= 0.3 is 0 Å². The molecule has 2 rings (SSSR count). The van der Waals surface area contributed by atoms with Gasteiger partial charge in [0.05, 0.1) is 12.2 Å². The molecule has 0 aromatic heterocycles. The molecule has 112 valence electrons. The second-order valence-corrected chi connectivity index (χ2v) is 5.72. The number of ether oxygens (including phenoxy) is 1. The van der Waals surface area contributed by atoms with Crippen LogP contribution in [0, 0.1) is 0 Å². The van der Waals surface area contributed by atoms with Crippen LogP contribution in [0.4, 0.5) is 0 Å². The van der Waals surface area contributed by atoms with Gasteiger partial charge in [0, 0.05) is 0 Å². The molecule has 1 saturated heterocycles. The van der Waals surface area contributed by atoms with Crippen LogP contribution < -0.4 is 10.1 Å². The van der Waals surface area contributed by atoms with Gasteiger partial charge < -0.3 is 15.2 Å². The van der Waals surface area contributed by atoms with E-state index < -0.39 is 5.60 Å². The SMILES string of the molecule is CCCCCCOc1ccc(C2(O)CCNCC2)cc1. The van der Waals surface area contributed by atoms with Crippen molar-refractivity contribution in [1.29, 1.82) is 0 Å². The summed E-state index contributed by atoms with van der Waals surface area (Å²) in [4.78, 5) is 0. The van der Waals surface area contributed by atoms with Crippen molar-refractivity contribution in [1.82, 2.24) is 5.32 Å². The molecule has 0 radical (unpaired) electrons. The van der Waals surface area contributed by atoms with E-state index in [1.54, 1.807) is 0 Å². The maximum Gasteiger partial charge on any atom is 0.119 e. The fourth-order valence-corrected chi connectivity index (χ4v) is 2.71. The molecule has 20 heavy (non-hydrogen) atoms. The Kier molecular flexibility index (Phi) is 5.86. The van der Waals surface area contributed by atoms with Gasteiger partial charge in [-0.15, -0.1) is 0 Å². The molecule has 0 spiro atoms. The first kappa shape index (κ1) is 15.3. The molecule has 2 N–H and O–H groups in total. The van der Waals surface area contributed by atoms with Crippen LogP contribution in [0.15, 0.2) is 24.3 Å². The van der Waals surface area contributed by atoms with Gasteiger partial charge in [0.15, 0.2) is 0 Å². The predicted molar refractivity (Wildman–Crippen MR) is 82.1 cm³/mol. The van der Waals surface area contributed by atoms with Gasteiger partial charge in [0.2, 0.25) is 0 Å². The normalized spacial score (nSPS) is 17.9. The van der Waals surface area contributed by atoms with Gasteiger partial charge in [0.25, 0.3) is 0 Å². The van der Waals surface area contributed by atoms with Crippen LogP contribution in [0.1, 0.15) is 51.0 Å². The second kappa shape index (κ2) is 7.65. The van der Waals surface area contributed by atoms with Crippen molar-refractivity contribution in [3.05, 3.63) is 29.8 Å². The number of rotatable bonds is 7. The Labute approximate surface area is 122 Å². The third-order valence-corrected chi connectivity index (χ3v) is 4.09. The molecule has 0 atom stereocenters. The van der Waals surface area contributed by atoms with Crippen LogP contribution in [0.5, 0.6) is 5.75 Å². The average Bonchev–Trinajstić information content (AvgIpc) is 2.48. The smallest absolute Gasteiger partial charge is 0.119 e. The molecule has 1 aliphatic rings. The molecule has 1 fully saturated rings. The lowest BCUT2D eigenvalue weighted by molar-refractivity contribution is 0.00590. The van der Waals surface area contributed by atoms with Crippen molar-refractivity contribution in [3.8, 4) is 5.75 Å². The first-order valence-electron chi connectivity index (χ1n) is 7.91. The zero-order chi connectivity index (χ0) is 14.3. The Morgan fingerprint density at radius 2 is 1.80 bits per heavy atom. The van der Waals surface area contributed by atoms with Crippen molar-refractivity contribution in [2.75, 3.05) is 19.7 Å². The number of unbranched alkanes of at least 4 members (excludes halogenated alkanes) is 3. The van der Waals surface area contributed by atoms with Gasteiger partial charge in [-0.3, -0.25) is 0 Å². The van der Waals surface area contributed by atoms with Gasteiger partial charge in [0.1, 0.15) is 5.75 Å². The maximum atomic E-state index is 10.6. The molecule has 0 bridgehead atoms. The van der Waals surface area contributed by atoms with E-state index in [-0.39, 0.29) is 0 Å². The van der Waals surface area contributed by atoms with Crippen LogP contribution in [0.2, 0.25) is 0 Å². The highest BCUT2D eigenvalue weighted by atomic mass is 16.5. The Bertz CT molecular complexity index is 382. The average molecular weight is 277 g/mol. The molecule has 0 amide bonds. The van der Waals surface area contributed by atoms with Gasteiger partial charge in [-0.05, 0) is 50.0 Å². The number of benzene rings is 1. The molecule has 1 aliphatic heterocycles. The Balaban J connectivity index is 1.83. The van der Waals surface area contributed by atoms with Crippen molar-refractivity contribution >= 4 is 0 Å². The van der Waals surface area contributed by atoms with E-state index in [9.17, 15) is 5.11 Å². The lowest BCUT2D eigenvalue weighted by atomic mass is 9.85. The van der Waals surface area contributed by atoms with E-state index in [0.717, 1.165) is 50.3 Å². The van der Waals surface area contributed by atoms with E-state index >= 15 is 0 Å². The zero-order valence-electron chi connectivity index (χ0n) is 12.5. The fraction of sp³-hybridized carbons (Fsp3) is 0.647. The van der Waals surface area contributed by atoms with Crippen LogP contribution in [0.3, 0.4) is 0 Å². The summed E-state index contributed by atoms with van der Waals surface area (Å²) in [5.74, 6) is 0.905. The fourth-order valence-electron chi connectivity index (χ4n) is 2.71. The molecule has 0 aliphatic carbocycles. The topological polar surface area (TPSA) is 41.5 Å². The van der Waals surface area contributed by atoms with E-state index in [0.29, 0.717) is 0 Å². The first-order chi connectivity index (χ1) is 9.74. The Hall–Kier alpha value is -1.06. The minimum absolute atomic E-state index is 0.662. The first-order valence-corrected chi connectivity index (χ1v) is 7.91. The molecule has 3 nitrogen and oxygen atoms in total. The van der Waals surface area contributed by atoms with Crippen molar-refractivity contribution < 1.29 is 9.84 Å². The number of hydrogen-bond acceptors (Lipinski definition) is 3. The molecule has 1 aromatic carbocycles. The van der Waals surface area contributed by atoms with Crippen LogP contribution in [-0.4, -0.2) is 24.8 Å². The summed E-state index contributed by atoms with van der Waals surface area (Å²) in [5, 5.41) is 13.9. The minimum atomic E-state index is -0.662. The van der Waals surface area contributed by atoms with Crippen LogP contribution in [-0.2, 0) is 5.60 Å². The number of hydrogen-bond donors (Lipinski definition) is 2. The largest absolute Gasteiger partial charge is 0.494 e. The van der Waals surface area contributed by atoms with E-state index in [4.69, 9.17) is 4.74 Å². The van der Waals surface area contributed by atoms with Crippen molar-refractivity contribution in [2.45, 2.75) is 51.0 Å². The highest BCUT2D eigenvalue weighted by molar-refractivity contribution is 5.31. The minimum Gasteiger partial charge on any atom is -0.494 e. The predicted octanol–water partition coefficient (Wildman–Crippen LogP) is 3.22. The monoisotopic (exact) mass is 277 g/mol. The summed E-state index contributed by atoms with van der Waals surface area (Å²) < 4.78 is 5.73. The molecular formula is C17H27NO2. The summed E-state index contributed by atoms with van der Waals surface area (Å²) in [6, 6.07) is 7.98.